The van der Waals surface area contributed by atoms with Crippen LogP contribution >= 0.6 is 11.6 Å². The van der Waals surface area contributed by atoms with Crippen LogP contribution in [-0.2, 0) is 14.8 Å². The fourth-order valence-corrected chi connectivity index (χ4v) is 4.71. The first-order valence-corrected chi connectivity index (χ1v) is 11.5. The molecule has 0 aliphatic carbocycles. The molecule has 162 valence electrons. The summed E-state index contributed by atoms with van der Waals surface area (Å²) < 4.78 is 33.5. The number of nitrogens with one attached hydrogen (secondary N) is 1. The standard InChI is InChI=1S/C23H23ClN2O4S/c1-3-30-22-12-8-7-11-20(22)25-23(27)16-26(21-15-18(24)14-13-17(21)2)31(28,29)19-9-5-4-6-10-19/h4-15H,3,16H2,1-2H3,(H,25,27). The number of amides is 1. The third-order valence-corrected chi connectivity index (χ3v) is 6.53. The Morgan fingerprint density at radius 1 is 1.03 bits per heavy atom. The molecule has 0 saturated heterocycles. The topological polar surface area (TPSA) is 75.7 Å². The molecule has 3 aromatic rings. The fraction of sp³-hybridized carbons (Fsp3) is 0.174. The molecule has 31 heavy (non-hydrogen) atoms. The van der Waals surface area contributed by atoms with Crippen molar-refractivity contribution in [1.82, 2.24) is 0 Å². The van der Waals surface area contributed by atoms with Crippen molar-refractivity contribution >= 4 is 38.9 Å². The number of hydrogen-bond donors (Lipinski definition) is 1. The molecule has 0 radical (unpaired) electrons. The van der Waals surface area contributed by atoms with Gasteiger partial charge in [-0.05, 0) is 55.8 Å². The van der Waals surface area contributed by atoms with Gasteiger partial charge in [0.1, 0.15) is 12.3 Å². The van der Waals surface area contributed by atoms with Crippen molar-refractivity contribution in [3.05, 3.63) is 83.4 Å². The number of anilines is 2. The van der Waals surface area contributed by atoms with Gasteiger partial charge in [0.05, 0.1) is 22.9 Å². The number of aryl methyl sites for hydroxylation is 1. The third-order valence-electron chi connectivity index (χ3n) is 4.52. The summed E-state index contributed by atoms with van der Waals surface area (Å²) in [4.78, 5) is 13.0. The molecule has 0 aliphatic rings. The van der Waals surface area contributed by atoms with Gasteiger partial charge in [0.15, 0.2) is 0 Å². The maximum Gasteiger partial charge on any atom is 0.264 e. The van der Waals surface area contributed by atoms with Crippen molar-refractivity contribution in [2.75, 3.05) is 22.8 Å². The summed E-state index contributed by atoms with van der Waals surface area (Å²) in [6.45, 7) is 3.61. The number of para-hydroxylation sites is 2. The molecule has 1 amide bonds. The van der Waals surface area contributed by atoms with E-state index in [1.165, 1.54) is 12.1 Å². The van der Waals surface area contributed by atoms with Crippen molar-refractivity contribution in [3.8, 4) is 5.75 Å². The van der Waals surface area contributed by atoms with E-state index in [1.807, 2.05) is 6.92 Å². The number of rotatable bonds is 8. The second-order valence-electron chi connectivity index (χ2n) is 6.73. The highest BCUT2D eigenvalue weighted by molar-refractivity contribution is 7.92. The Hall–Kier alpha value is -3.03. The Kier molecular flexibility index (Phi) is 7.20. The molecule has 0 fully saturated rings. The second kappa shape index (κ2) is 9.85. The zero-order valence-corrected chi connectivity index (χ0v) is 18.8. The first-order valence-electron chi connectivity index (χ1n) is 9.68. The van der Waals surface area contributed by atoms with Crippen molar-refractivity contribution in [3.63, 3.8) is 0 Å². The molecule has 0 atom stereocenters. The minimum absolute atomic E-state index is 0.0805. The number of ether oxygens (including phenoxy) is 1. The maximum atomic E-state index is 13.4. The second-order valence-corrected chi connectivity index (χ2v) is 9.03. The molecule has 8 heteroatoms. The zero-order valence-electron chi connectivity index (χ0n) is 17.2. The number of nitrogens with zero attached hydrogens (tertiary/aromatic N) is 1. The highest BCUT2D eigenvalue weighted by atomic mass is 35.5. The van der Waals surface area contributed by atoms with Gasteiger partial charge in [-0.1, -0.05) is 48.0 Å². The largest absolute Gasteiger partial charge is 0.492 e. The van der Waals surface area contributed by atoms with Crippen molar-refractivity contribution in [1.29, 1.82) is 0 Å². The molecule has 0 bridgehead atoms. The molecule has 0 heterocycles. The van der Waals surface area contributed by atoms with Gasteiger partial charge >= 0.3 is 0 Å². The van der Waals surface area contributed by atoms with Gasteiger partial charge in [-0.3, -0.25) is 9.10 Å². The number of benzene rings is 3. The lowest BCUT2D eigenvalue weighted by Gasteiger charge is -2.26. The lowest BCUT2D eigenvalue weighted by atomic mass is 10.2. The molecular weight excluding hydrogens is 436 g/mol. The van der Waals surface area contributed by atoms with Gasteiger partial charge in [0.2, 0.25) is 5.91 Å². The van der Waals surface area contributed by atoms with Crippen LogP contribution in [0.1, 0.15) is 12.5 Å². The van der Waals surface area contributed by atoms with Gasteiger partial charge in [0.25, 0.3) is 10.0 Å². The number of hydrogen-bond acceptors (Lipinski definition) is 4. The number of halogens is 1. The van der Waals surface area contributed by atoms with Crippen LogP contribution < -0.4 is 14.4 Å². The van der Waals surface area contributed by atoms with E-state index in [-0.39, 0.29) is 4.90 Å². The van der Waals surface area contributed by atoms with Gasteiger partial charge in [-0.25, -0.2) is 8.42 Å². The van der Waals surface area contributed by atoms with Crippen LogP contribution in [0.25, 0.3) is 0 Å². The summed E-state index contributed by atoms with van der Waals surface area (Å²) in [6.07, 6.45) is 0. The third kappa shape index (κ3) is 5.37. The predicted octanol–water partition coefficient (Wildman–Crippen LogP) is 4.88. The normalized spacial score (nSPS) is 11.1. The SMILES string of the molecule is CCOc1ccccc1NC(=O)CN(c1cc(Cl)ccc1C)S(=O)(=O)c1ccccc1. The average molecular weight is 459 g/mol. The van der Waals surface area contributed by atoms with Gasteiger partial charge < -0.3 is 10.1 Å². The first-order chi connectivity index (χ1) is 14.8. The molecule has 0 spiro atoms. The van der Waals surface area contributed by atoms with E-state index < -0.39 is 22.5 Å². The van der Waals surface area contributed by atoms with Crippen LogP contribution in [0.5, 0.6) is 5.75 Å². The van der Waals surface area contributed by atoms with E-state index in [0.717, 1.165) is 4.31 Å². The van der Waals surface area contributed by atoms with Crippen molar-refractivity contribution in [2.24, 2.45) is 0 Å². The summed E-state index contributed by atoms with van der Waals surface area (Å²) >= 11 is 6.14. The van der Waals surface area contributed by atoms with Crippen molar-refractivity contribution in [2.45, 2.75) is 18.7 Å². The maximum absolute atomic E-state index is 13.4. The quantitative estimate of drug-likeness (QED) is 0.522. The molecular formula is C23H23ClN2O4S. The lowest BCUT2D eigenvalue weighted by Crippen LogP contribution is -2.38. The van der Waals surface area contributed by atoms with Crippen LogP contribution in [0.4, 0.5) is 11.4 Å². The van der Waals surface area contributed by atoms with Crippen LogP contribution in [0, 0.1) is 6.92 Å². The summed E-state index contributed by atoms with van der Waals surface area (Å²) in [7, 11) is -4.02. The average Bonchev–Trinajstić information content (AvgIpc) is 2.76. The van der Waals surface area contributed by atoms with E-state index in [4.69, 9.17) is 16.3 Å². The van der Waals surface area contributed by atoms with E-state index in [2.05, 4.69) is 5.32 Å². The monoisotopic (exact) mass is 458 g/mol. The lowest BCUT2D eigenvalue weighted by molar-refractivity contribution is -0.114. The summed E-state index contributed by atoms with van der Waals surface area (Å²) in [5, 5.41) is 3.12. The predicted molar refractivity (Wildman–Crippen MR) is 123 cm³/mol. The van der Waals surface area contributed by atoms with Gasteiger partial charge in [-0.2, -0.15) is 0 Å². The van der Waals surface area contributed by atoms with Crippen LogP contribution in [0.3, 0.4) is 0 Å². The van der Waals surface area contributed by atoms with E-state index >= 15 is 0 Å². The van der Waals surface area contributed by atoms with E-state index in [1.54, 1.807) is 67.6 Å². The summed E-state index contributed by atoms with van der Waals surface area (Å²) in [6, 6.07) is 19.9. The first kappa shape index (κ1) is 22.7. The fourth-order valence-electron chi connectivity index (χ4n) is 3.04. The minimum atomic E-state index is -4.02. The molecule has 0 aliphatic heterocycles. The summed E-state index contributed by atoms with van der Waals surface area (Å²) in [5.74, 6) is 0.000729. The Labute approximate surface area is 187 Å². The van der Waals surface area contributed by atoms with Crippen LogP contribution in [-0.4, -0.2) is 27.5 Å². The van der Waals surface area contributed by atoms with Crippen LogP contribution in [0.15, 0.2) is 77.7 Å². The molecule has 0 saturated carbocycles. The Balaban J connectivity index is 1.98. The number of sulfonamides is 1. The van der Waals surface area contributed by atoms with Gasteiger partial charge in [-0.15, -0.1) is 0 Å². The van der Waals surface area contributed by atoms with Crippen molar-refractivity contribution < 1.29 is 17.9 Å². The molecule has 3 rings (SSSR count). The molecule has 0 unspecified atom stereocenters. The Bertz CT molecular complexity index is 1170. The minimum Gasteiger partial charge on any atom is -0.492 e. The molecule has 6 nitrogen and oxygen atoms in total. The van der Waals surface area contributed by atoms with Gasteiger partial charge in [0, 0.05) is 5.02 Å². The molecule has 0 aromatic heterocycles. The van der Waals surface area contributed by atoms with E-state index in [9.17, 15) is 13.2 Å². The number of carbonyl (C=O) groups excluding carboxylic acids is 1. The molecule has 3 aromatic carbocycles. The van der Waals surface area contributed by atoms with E-state index in [0.29, 0.717) is 34.3 Å². The Morgan fingerprint density at radius 3 is 2.42 bits per heavy atom. The van der Waals surface area contributed by atoms with Crippen LogP contribution in [0.2, 0.25) is 5.02 Å². The highest BCUT2D eigenvalue weighted by Gasteiger charge is 2.28. The highest BCUT2D eigenvalue weighted by Crippen LogP contribution is 2.30. The zero-order chi connectivity index (χ0) is 22.4. The molecule has 1 N–H and O–H groups in total. The smallest absolute Gasteiger partial charge is 0.264 e. The number of carbonyl (C=O) groups is 1. The summed E-state index contributed by atoms with van der Waals surface area (Å²) in [5.41, 5.74) is 1.48. The Morgan fingerprint density at radius 2 is 1.71 bits per heavy atom.